The van der Waals surface area contributed by atoms with Crippen LogP contribution in [0.25, 0.3) is 0 Å². The lowest BCUT2D eigenvalue weighted by molar-refractivity contribution is 0.222. The fourth-order valence-electron chi connectivity index (χ4n) is 2.28. The molecule has 1 atom stereocenters. The third-order valence-electron chi connectivity index (χ3n) is 3.28. The van der Waals surface area contributed by atoms with Crippen molar-refractivity contribution in [2.75, 3.05) is 25.0 Å². The first-order chi connectivity index (χ1) is 8.79. The Bertz CT molecular complexity index is 362. The van der Waals surface area contributed by atoms with Crippen molar-refractivity contribution in [1.82, 2.24) is 15.2 Å². The van der Waals surface area contributed by atoms with Gasteiger partial charge in [-0.25, -0.2) is 9.78 Å². The third-order valence-corrected chi connectivity index (χ3v) is 3.97. The van der Waals surface area contributed by atoms with Gasteiger partial charge in [-0.2, -0.15) is 0 Å². The second-order valence-electron chi connectivity index (χ2n) is 4.48. The number of carbonyl (C=O) groups is 1. The van der Waals surface area contributed by atoms with E-state index in [1.54, 1.807) is 6.20 Å². The van der Waals surface area contributed by atoms with E-state index in [-0.39, 0.29) is 6.03 Å². The highest BCUT2D eigenvalue weighted by molar-refractivity contribution is 7.13. The Morgan fingerprint density at radius 2 is 2.33 bits per heavy atom. The number of thiazole rings is 1. The molecule has 1 aliphatic heterocycles. The van der Waals surface area contributed by atoms with Crippen LogP contribution >= 0.6 is 11.3 Å². The number of urea groups is 1. The van der Waals surface area contributed by atoms with Gasteiger partial charge in [-0.3, -0.25) is 10.2 Å². The number of nitrogens with zero attached hydrogens (tertiary/aromatic N) is 2. The van der Waals surface area contributed by atoms with Gasteiger partial charge in [0, 0.05) is 24.2 Å². The van der Waals surface area contributed by atoms with E-state index in [1.165, 1.54) is 24.2 Å². The van der Waals surface area contributed by atoms with Crippen LogP contribution < -0.4 is 10.6 Å². The average Bonchev–Trinajstić information content (AvgIpc) is 3.02. The molecule has 0 aliphatic carbocycles. The Balaban J connectivity index is 1.73. The molecule has 2 amide bonds. The maximum Gasteiger partial charge on any atom is 0.321 e. The number of rotatable bonds is 5. The SMILES string of the molecule is CC[C@H](CNC(=O)Nc1nccs1)N1CCCC1. The van der Waals surface area contributed by atoms with Crippen LogP contribution in [0, 0.1) is 0 Å². The zero-order valence-electron chi connectivity index (χ0n) is 10.7. The zero-order chi connectivity index (χ0) is 12.8. The smallest absolute Gasteiger partial charge is 0.321 e. The quantitative estimate of drug-likeness (QED) is 0.860. The van der Waals surface area contributed by atoms with Gasteiger partial charge in [0.1, 0.15) is 0 Å². The van der Waals surface area contributed by atoms with Gasteiger partial charge in [0.15, 0.2) is 5.13 Å². The first-order valence-corrected chi connectivity index (χ1v) is 7.36. The molecule has 2 N–H and O–H groups in total. The molecule has 1 aromatic heterocycles. The summed E-state index contributed by atoms with van der Waals surface area (Å²) in [5.41, 5.74) is 0. The predicted octanol–water partition coefficient (Wildman–Crippen LogP) is 2.14. The van der Waals surface area contributed by atoms with Crippen molar-refractivity contribution in [2.24, 2.45) is 0 Å². The molecule has 0 saturated carbocycles. The van der Waals surface area contributed by atoms with Crippen LogP contribution in [0.4, 0.5) is 9.93 Å². The molecular formula is C12H20N4OS. The third kappa shape index (κ3) is 3.68. The summed E-state index contributed by atoms with van der Waals surface area (Å²) in [4.78, 5) is 18.2. The van der Waals surface area contributed by atoms with Crippen molar-refractivity contribution in [3.63, 3.8) is 0 Å². The highest BCUT2D eigenvalue weighted by Gasteiger charge is 2.20. The lowest BCUT2D eigenvalue weighted by atomic mass is 10.2. The van der Waals surface area contributed by atoms with Gasteiger partial charge in [0.05, 0.1) is 0 Å². The monoisotopic (exact) mass is 268 g/mol. The molecule has 1 aliphatic rings. The van der Waals surface area contributed by atoms with Gasteiger partial charge in [0.25, 0.3) is 0 Å². The number of nitrogens with one attached hydrogen (secondary N) is 2. The fourth-order valence-corrected chi connectivity index (χ4v) is 2.80. The Kier molecular flexibility index (Phi) is 4.95. The molecule has 1 aromatic rings. The molecule has 100 valence electrons. The number of hydrogen-bond acceptors (Lipinski definition) is 4. The Morgan fingerprint density at radius 1 is 1.56 bits per heavy atom. The summed E-state index contributed by atoms with van der Waals surface area (Å²) < 4.78 is 0. The first kappa shape index (κ1) is 13.3. The number of carbonyl (C=O) groups excluding carboxylic acids is 1. The number of likely N-dealkylation sites (tertiary alicyclic amines) is 1. The second kappa shape index (κ2) is 6.70. The molecule has 1 saturated heterocycles. The Hall–Kier alpha value is -1.14. The Labute approximate surface area is 112 Å². The summed E-state index contributed by atoms with van der Waals surface area (Å²) in [6, 6.07) is 0.289. The number of hydrogen-bond donors (Lipinski definition) is 2. The summed E-state index contributed by atoms with van der Waals surface area (Å²) in [6.45, 7) is 5.19. The molecule has 2 rings (SSSR count). The molecule has 18 heavy (non-hydrogen) atoms. The standard InChI is InChI=1S/C12H20N4OS/c1-2-10(16-6-3-4-7-16)9-14-11(17)15-12-13-5-8-18-12/h5,8,10H,2-4,6-7,9H2,1H3,(H2,13,14,15,17)/t10-/m1/s1. The van der Waals surface area contributed by atoms with E-state index < -0.39 is 0 Å². The minimum absolute atomic E-state index is 0.164. The van der Waals surface area contributed by atoms with Gasteiger partial charge in [0.2, 0.25) is 0 Å². The lowest BCUT2D eigenvalue weighted by Gasteiger charge is -2.26. The van der Waals surface area contributed by atoms with E-state index in [0.717, 1.165) is 19.5 Å². The van der Waals surface area contributed by atoms with Crippen LogP contribution in [0.2, 0.25) is 0 Å². The molecular weight excluding hydrogens is 248 g/mol. The van der Waals surface area contributed by atoms with Crippen molar-refractivity contribution < 1.29 is 4.79 Å². The molecule has 6 heteroatoms. The molecule has 1 fully saturated rings. The van der Waals surface area contributed by atoms with E-state index in [1.807, 2.05) is 5.38 Å². The van der Waals surface area contributed by atoms with Crippen molar-refractivity contribution >= 4 is 22.5 Å². The molecule has 0 aromatic carbocycles. The fraction of sp³-hybridized carbons (Fsp3) is 0.667. The van der Waals surface area contributed by atoms with Crippen LogP contribution in [-0.2, 0) is 0 Å². The summed E-state index contributed by atoms with van der Waals surface area (Å²) in [5, 5.41) is 8.14. The molecule has 5 nitrogen and oxygen atoms in total. The van der Waals surface area contributed by atoms with Gasteiger partial charge >= 0.3 is 6.03 Å². The largest absolute Gasteiger partial charge is 0.336 e. The average molecular weight is 268 g/mol. The topological polar surface area (TPSA) is 57.3 Å². The van der Waals surface area contributed by atoms with E-state index in [0.29, 0.717) is 17.7 Å². The van der Waals surface area contributed by atoms with Crippen LogP contribution in [0.1, 0.15) is 26.2 Å². The van der Waals surface area contributed by atoms with Crippen molar-refractivity contribution in [1.29, 1.82) is 0 Å². The lowest BCUT2D eigenvalue weighted by Crippen LogP contribution is -2.43. The van der Waals surface area contributed by atoms with E-state index in [2.05, 4.69) is 27.4 Å². The maximum absolute atomic E-state index is 11.7. The van der Waals surface area contributed by atoms with Crippen molar-refractivity contribution in [3.8, 4) is 0 Å². The number of anilines is 1. The van der Waals surface area contributed by atoms with E-state index in [9.17, 15) is 4.79 Å². The molecule has 0 unspecified atom stereocenters. The van der Waals surface area contributed by atoms with Crippen LogP contribution in [0.3, 0.4) is 0 Å². The van der Waals surface area contributed by atoms with Gasteiger partial charge in [-0.1, -0.05) is 6.92 Å². The molecule has 0 bridgehead atoms. The zero-order valence-corrected chi connectivity index (χ0v) is 11.5. The minimum atomic E-state index is -0.164. The predicted molar refractivity (Wildman–Crippen MR) is 74.0 cm³/mol. The van der Waals surface area contributed by atoms with Gasteiger partial charge < -0.3 is 5.32 Å². The normalized spacial score (nSPS) is 17.6. The molecule has 2 heterocycles. The summed E-state index contributed by atoms with van der Waals surface area (Å²) in [7, 11) is 0. The minimum Gasteiger partial charge on any atom is -0.336 e. The summed E-state index contributed by atoms with van der Waals surface area (Å²) in [6.07, 6.45) is 5.31. The van der Waals surface area contributed by atoms with Crippen molar-refractivity contribution in [3.05, 3.63) is 11.6 Å². The van der Waals surface area contributed by atoms with E-state index >= 15 is 0 Å². The summed E-state index contributed by atoms with van der Waals surface area (Å²) >= 11 is 1.42. The van der Waals surface area contributed by atoms with Gasteiger partial charge in [-0.15, -0.1) is 11.3 Å². The highest BCUT2D eigenvalue weighted by Crippen LogP contribution is 2.13. The highest BCUT2D eigenvalue weighted by atomic mass is 32.1. The van der Waals surface area contributed by atoms with Gasteiger partial charge in [-0.05, 0) is 32.4 Å². The van der Waals surface area contributed by atoms with Crippen molar-refractivity contribution in [2.45, 2.75) is 32.2 Å². The Morgan fingerprint density at radius 3 is 2.94 bits per heavy atom. The number of amides is 2. The van der Waals surface area contributed by atoms with Crippen LogP contribution in [0.15, 0.2) is 11.6 Å². The first-order valence-electron chi connectivity index (χ1n) is 6.48. The number of aromatic nitrogens is 1. The van der Waals surface area contributed by atoms with E-state index in [4.69, 9.17) is 0 Å². The molecule has 0 spiro atoms. The van der Waals surface area contributed by atoms with Crippen LogP contribution in [-0.4, -0.2) is 41.6 Å². The second-order valence-corrected chi connectivity index (χ2v) is 5.37. The maximum atomic E-state index is 11.7. The van der Waals surface area contributed by atoms with Crippen LogP contribution in [0.5, 0.6) is 0 Å². The molecule has 0 radical (unpaired) electrons. The summed E-state index contributed by atoms with van der Waals surface area (Å²) in [5.74, 6) is 0.